The van der Waals surface area contributed by atoms with Gasteiger partial charge in [-0.1, -0.05) is 11.6 Å². The predicted molar refractivity (Wildman–Crippen MR) is 130 cm³/mol. The minimum atomic E-state index is 0.114. The second-order valence-corrected chi connectivity index (χ2v) is 9.49. The minimum absolute atomic E-state index is 0.114. The van der Waals surface area contributed by atoms with E-state index >= 15 is 0 Å². The number of aromatic nitrogens is 1. The van der Waals surface area contributed by atoms with E-state index in [2.05, 4.69) is 9.88 Å². The maximum absolute atomic E-state index is 12.9. The van der Waals surface area contributed by atoms with Crippen LogP contribution in [0.2, 0.25) is 5.02 Å². The number of hydrogen-bond donors (Lipinski definition) is 0. The van der Waals surface area contributed by atoms with Gasteiger partial charge in [0.1, 0.15) is 11.5 Å². The van der Waals surface area contributed by atoms with Crippen LogP contribution >= 0.6 is 11.6 Å². The zero-order valence-electron chi connectivity index (χ0n) is 19.7. The molecule has 2 aromatic rings. The molecule has 6 nitrogen and oxygen atoms in total. The van der Waals surface area contributed by atoms with E-state index in [-0.39, 0.29) is 5.91 Å². The number of hydrogen-bond acceptors (Lipinski definition) is 5. The molecule has 2 saturated heterocycles. The number of likely N-dealkylation sites (tertiary alicyclic amines) is 2. The largest absolute Gasteiger partial charge is 0.492 e. The van der Waals surface area contributed by atoms with E-state index in [1.54, 1.807) is 24.5 Å². The van der Waals surface area contributed by atoms with Crippen LogP contribution in [0.5, 0.6) is 11.5 Å². The fourth-order valence-corrected chi connectivity index (χ4v) is 5.16. The Morgan fingerprint density at radius 1 is 0.939 bits per heavy atom. The first-order chi connectivity index (χ1) is 16.0. The Labute approximate surface area is 201 Å². The number of rotatable bonds is 7. The van der Waals surface area contributed by atoms with Gasteiger partial charge in [-0.2, -0.15) is 0 Å². The zero-order valence-corrected chi connectivity index (χ0v) is 20.4. The van der Waals surface area contributed by atoms with Crippen molar-refractivity contribution in [1.29, 1.82) is 0 Å². The molecule has 2 aliphatic rings. The Morgan fingerprint density at radius 2 is 1.48 bits per heavy atom. The van der Waals surface area contributed by atoms with E-state index in [0.717, 1.165) is 81.0 Å². The van der Waals surface area contributed by atoms with Crippen molar-refractivity contribution in [2.45, 2.75) is 46.1 Å². The Bertz CT molecular complexity index is 908. The molecule has 1 aromatic heterocycles. The van der Waals surface area contributed by atoms with Crippen molar-refractivity contribution in [3.8, 4) is 11.5 Å². The maximum atomic E-state index is 12.9. The van der Waals surface area contributed by atoms with Gasteiger partial charge < -0.3 is 14.4 Å². The topological polar surface area (TPSA) is 54.9 Å². The number of ether oxygens (including phenoxy) is 2. The van der Waals surface area contributed by atoms with Crippen molar-refractivity contribution >= 4 is 17.5 Å². The van der Waals surface area contributed by atoms with Gasteiger partial charge in [-0.15, -0.1) is 0 Å². The fourth-order valence-electron chi connectivity index (χ4n) is 5.03. The average molecular weight is 472 g/mol. The summed E-state index contributed by atoms with van der Waals surface area (Å²) in [6, 6.07) is 7.21. The Hall–Kier alpha value is -2.31. The molecule has 0 radical (unpaired) electrons. The molecule has 0 saturated carbocycles. The van der Waals surface area contributed by atoms with E-state index < -0.39 is 0 Å². The van der Waals surface area contributed by atoms with Gasteiger partial charge in [0.15, 0.2) is 0 Å². The van der Waals surface area contributed by atoms with Gasteiger partial charge in [-0.3, -0.25) is 14.7 Å². The van der Waals surface area contributed by atoms with Gasteiger partial charge in [-0.25, -0.2) is 0 Å². The number of halogens is 1. The molecule has 7 heteroatoms. The monoisotopic (exact) mass is 471 g/mol. The van der Waals surface area contributed by atoms with Crippen molar-refractivity contribution in [2.24, 2.45) is 5.41 Å². The molecule has 0 N–H and O–H groups in total. The highest BCUT2D eigenvalue weighted by atomic mass is 35.5. The quantitative estimate of drug-likeness (QED) is 0.565. The molecule has 1 aromatic carbocycles. The second kappa shape index (κ2) is 10.7. The lowest BCUT2D eigenvalue weighted by Gasteiger charge is -2.47. The smallest absolute Gasteiger partial charge is 0.253 e. The summed E-state index contributed by atoms with van der Waals surface area (Å²) < 4.78 is 11.7. The van der Waals surface area contributed by atoms with E-state index in [4.69, 9.17) is 21.1 Å². The van der Waals surface area contributed by atoms with Crippen molar-refractivity contribution in [1.82, 2.24) is 14.8 Å². The summed E-state index contributed by atoms with van der Waals surface area (Å²) in [5, 5.41) is 0.657. The van der Waals surface area contributed by atoms with Crippen LogP contribution in [-0.2, 0) is 6.54 Å². The maximum Gasteiger partial charge on any atom is 0.253 e. The normalized spacial score (nSPS) is 18.3. The molecule has 0 bridgehead atoms. The van der Waals surface area contributed by atoms with Gasteiger partial charge in [0.2, 0.25) is 0 Å². The summed E-state index contributed by atoms with van der Waals surface area (Å²) >= 11 is 5.97. The van der Waals surface area contributed by atoms with Crippen LogP contribution in [0.25, 0.3) is 0 Å². The minimum Gasteiger partial charge on any atom is -0.492 e. The Balaban J connectivity index is 1.33. The van der Waals surface area contributed by atoms with E-state index in [1.807, 2.05) is 30.9 Å². The molecule has 0 atom stereocenters. The number of pyridine rings is 1. The lowest BCUT2D eigenvalue weighted by molar-refractivity contribution is 0.0282. The highest BCUT2D eigenvalue weighted by Gasteiger charge is 2.38. The SMILES string of the molecule is CCOc1cncc(OCC)c1CN1CCC2(CC1)CCN(C(=O)c1ccc(Cl)cc1)CC2. The van der Waals surface area contributed by atoms with Crippen molar-refractivity contribution in [3.63, 3.8) is 0 Å². The molecule has 2 fully saturated rings. The Kier molecular flexibility index (Phi) is 7.76. The number of amides is 1. The number of benzene rings is 1. The van der Waals surface area contributed by atoms with Crippen molar-refractivity contribution < 1.29 is 14.3 Å². The van der Waals surface area contributed by atoms with Crippen molar-refractivity contribution in [3.05, 3.63) is 52.8 Å². The number of carbonyl (C=O) groups excluding carboxylic acids is 1. The third kappa shape index (κ3) is 5.61. The summed E-state index contributed by atoms with van der Waals surface area (Å²) in [5.41, 5.74) is 2.16. The molecular weight excluding hydrogens is 438 g/mol. The van der Waals surface area contributed by atoms with Crippen LogP contribution in [-0.4, -0.2) is 60.1 Å². The summed E-state index contributed by atoms with van der Waals surface area (Å²) in [5.74, 6) is 1.75. The third-order valence-corrected chi connectivity index (χ3v) is 7.33. The van der Waals surface area contributed by atoms with Gasteiger partial charge in [0, 0.05) is 30.2 Å². The molecule has 0 unspecified atom stereocenters. The molecule has 0 aliphatic carbocycles. The molecule has 2 aliphatic heterocycles. The molecule has 178 valence electrons. The van der Waals surface area contributed by atoms with Crippen LogP contribution in [0.1, 0.15) is 55.5 Å². The number of piperidine rings is 2. The summed E-state index contributed by atoms with van der Waals surface area (Å²) in [6.45, 7) is 9.76. The first kappa shape index (κ1) is 23.8. The van der Waals surface area contributed by atoms with Gasteiger partial charge in [0.05, 0.1) is 31.2 Å². The number of carbonyl (C=O) groups is 1. The second-order valence-electron chi connectivity index (χ2n) is 9.06. The van der Waals surface area contributed by atoms with Crippen LogP contribution < -0.4 is 9.47 Å². The van der Waals surface area contributed by atoms with Crippen molar-refractivity contribution in [2.75, 3.05) is 39.4 Å². The van der Waals surface area contributed by atoms with Gasteiger partial charge in [0.25, 0.3) is 5.91 Å². The molecular formula is C26H34ClN3O3. The zero-order chi connectivity index (χ0) is 23.3. The lowest BCUT2D eigenvalue weighted by Crippen LogP contribution is -2.48. The molecule has 1 amide bonds. The van der Waals surface area contributed by atoms with Crippen LogP contribution in [0.4, 0.5) is 0 Å². The van der Waals surface area contributed by atoms with Crippen LogP contribution in [0.3, 0.4) is 0 Å². The Morgan fingerprint density at radius 3 is 2.03 bits per heavy atom. The third-order valence-electron chi connectivity index (χ3n) is 7.08. The fraction of sp³-hybridized carbons (Fsp3) is 0.538. The van der Waals surface area contributed by atoms with Crippen LogP contribution in [0, 0.1) is 5.41 Å². The molecule has 1 spiro atoms. The molecule has 33 heavy (non-hydrogen) atoms. The highest BCUT2D eigenvalue weighted by Crippen LogP contribution is 2.42. The van der Waals surface area contributed by atoms with E-state index in [9.17, 15) is 4.79 Å². The summed E-state index contributed by atoms with van der Waals surface area (Å²) in [7, 11) is 0. The van der Waals surface area contributed by atoms with Crippen LogP contribution in [0.15, 0.2) is 36.7 Å². The standard InChI is InChI=1S/C26H34ClN3O3/c1-3-32-23-17-28-18-24(33-4-2)22(23)19-29-13-9-26(10-14-29)11-15-30(16-12-26)25(31)20-5-7-21(27)8-6-20/h5-8,17-18H,3-4,9-16,19H2,1-2H3. The molecule has 3 heterocycles. The predicted octanol–water partition coefficient (Wildman–Crippen LogP) is 5.05. The average Bonchev–Trinajstić information content (AvgIpc) is 2.83. The van der Waals surface area contributed by atoms with Gasteiger partial charge >= 0.3 is 0 Å². The number of nitrogens with zero attached hydrogens (tertiary/aromatic N) is 3. The first-order valence-electron chi connectivity index (χ1n) is 12.0. The van der Waals surface area contributed by atoms with E-state index in [0.29, 0.717) is 23.7 Å². The lowest BCUT2D eigenvalue weighted by atomic mass is 9.71. The van der Waals surface area contributed by atoms with Gasteiger partial charge in [-0.05, 0) is 82.3 Å². The van der Waals surface area contributed by atoms with E-state index in [1.165, 1.54) is 0 Å². The highest BCUT2D eigenvalue weighted by molar-refractivity contribution is 6.30. The first-order valence-corrected chi connectivity index (χ1v) is 12.4. The summed E-state index contributed by atoms with van der Waals surface area (Å²) in [4.78, 5) is 21.6. The summed E-state index contributed by atoms with van der Waals surface area (Å²) in [6.07, 6.45) is 8.05. The molecule has 4 rings (SSSR count).